The van der Waals surface area contributed by atoms with Crippen LogP contribution in [0, 0.1) is 0 Å². The molecule has 0 aromatic heterocycles. The molecule has 0 aliphatic heterocycles. The minimum absolute atomic E-state index is 0.148. The number of carbonyl (C=O) groups excluding carboxylic acids is 1. The molecule has 1 rings (SSSR count). The summed E-state index contributed by atoms with van der Waals surface area (Å²) < 4.78 is 0. The summed E-state index contributed by atoms with van der Waals surface area (Å²) in [7, 11) is 0. The van der Waals surface area contributed by atoms with Crippen LogP contribution in [-0.4, -0.2) is 23.7 Å². The third-order valence-corrected chi connectivity index (χ3v) is 2.71. The van der Waals surface area contributed by atoms with Crippen LogP contribution in [0.4, 0.5) is 4.79 Å². The van der Waals surface area contributed by atoms with Gasteiger partial charge in [-0.1, -0.05) is 25.1 Å². The van der Waals surface area contributed by atoms with Gasteiger partial charge in [0, 0.05) is 12.6 Å². The van der Waals surface area contributed by atoms with E-state index in [4.69, 9.17) is 5.11 Å². The molecule has 5 heteroatoms. The Labute approximate surface area is 118 Å². The van der Waals surface area contributed by atoms with E-state index >= 15 is 0 Å². The lowest BCUT2D eigenvalue weighted by molar-refractivity contribution is -0.131. The summed E-state index contributed by atoms with van der Waals surface area (Å²) in [5.74, 6) is -0.986. The summed E-state index contributed by atoms with van der Waals surface area (Å²) in [6.07, 6.45) is 3.50. The van der Waals surface area contributed by atoms with Crippen molar-refractivity contribution in [3.8, 4) is 0 Å². The van der Waals surface area contributed by atoms with Gasteiger partial charge in [-0.05, 0) is 36.6 Å². The van der Waals surface area contributed by atoms with Gasteiger partial charge in [0.1, 0.15) is 0 Å². The van der Waals surface area contributed by atoms with Crippen LogP contribution in [0.3, 0.4) is 0 Å². The number of hydrogen-bond acceptors (Lipinski definition) is 2. The molecule has 0 saturated carbocycles. The highest BCUT2D eigenvalue weighted by Gasteiger charge is 2.08. The van der Waals surface area contributed by atoms with Gasteiger partial charge in [0.2, 0.25) is 0 Å². The third-order valence-electron chi connectivity index (χ3n) is 2.71. The number of hydrogen-bond donors (Lipinski definition) is 3. The van der Waals surface area contributed by atoms with E-state index in [9.17, 15) is 9.59 Å². The van der Waals surface area contributed by atoms with E-state index in [2.05, 4.69) is 10.6 Å². The van der Waals surface area contributed by atoms with Crippen LogP contribution in [0.2, 0.25) is 0 Å². The topological polar surface area (TPSA) is 78.4 Å². The van der Waals surface area contributed by atoms with Crippen molar-refractivity contribution in [2.75, 3.05) is 6.54 Å². The summed E-state index contributed by atoms with van der Waals surface area (Å²) in [6.45, 7) is 4.51. The number of benzene rings is 1. The molecule has 0 bridgehead atoms. The molecule has 2 amide bonds. The van der Waals surface area contributed by atoms with E-state index in [1.54, 1.807) is 0 Å². The van der Waals surface area contributed by atoms with Crippen LogP contribution in [-0.2, 0) is 4.79 Å². The van der Waals surface area contributed by atoms with Gasteiger partial charge >= 0.3 is 12.0 Å². The fourth-order valence-electron chi connectivity index (χ4n) is 1.67. The summed E-state index contributed by atoms with van der Waals surface area (Å²) in [6, 6.07) is 7.04. The number of nitrogens with one attached hydrogen (secondary N) is 2. The number of rotatable bonds is 6. The van der Waals surface area contributed by atoms with Crippen molar-refractivity contribution in [1.82, 2.24) is 10.6 Å². The average Bonchev–Trinajstić information content (AvgIpc) is 2.43. The molecular formula is C15H20N2O3. The lowest BCUT2D eigenvalue weighted by atomic mass is 10.0. The van der Waals surface area contributed by atoms with Gasteiger partial charge in [0.05, 0.1) is 6.04 Å². The predicted molar refractivity (Wildman–Crippen MR) is 78.4 cm³/mol. The smallest absolute Gasteiger partial charge is 0.328 e. The highest BCUT2D eigenvalue weighted by molar-refractivity contribution is 5.85. The molecule has 0 spiro atoms. The summed E-state index contributed by atoms with van der Waals surface area (Å²) in [5, 5.41) is 14.2. The standard InChI is InChI=1S/C15H20N2O3/c1-3-9-16-15(20)17-11(2)13-6-4-5-12(10-13)7-8-14(18)19/h4-8,10-11H,3,9H2,1-2H3,(H,18,19)(H2,16,17,20). The van der Waals surface area contributed by atoms with E-state index in [-0.39, 0.29) is 12.1 Å². The second-order valence-corrected chi connectivity index (χ2v) is 4.46. The summed E-state index contributed by atoms with van der Waals surface area (Å²) in [4.78, 5) is 22.1. The summed E-state index contributed by atoms with van der Waals surface area (Å²) in [5.41, 5.74) is 1.71. The first-order chi connectivity index (χ1) is 9.52. The zero-order chi connectivity index (χ0) is 15.0. The minimum Gasteiger partial charge on any atom is -0.478 e. The Balaban J connectivity index is 2.68. The van der Waals surface area contributed by atoms with Crippen LogP contribution < -0.4 is 10.6 Å². The quantitative estimate of drug-likeness (QED) is 0.699. The molecule has 1 aromatic rings. The first-order valence-electron chi connectivity index (χ1n) is 6.58. The lowest BCUT2D eigenvalue weighted by Crippen LogP contribution is -2.37. The number of urea groups is 1. The van der Waals surface area contributed by atoms with Crippen molar-refractivity contribution in [2.24, 2.45) is 0 Å². The van der Waals surface area contributed by atoms with Crippen molar-refractivity contribution in [3.63, 3.8) is 0 Å². The molecule has 0 saturated heterocycles. The second-order valence-electron chi connectivity index (χ2n) is 4.46. The highest BCUT2D eigenvalue weighted by Crippen LogP contribution is 2.15. The van der Waals surface area contributed by atoms with E-state index in [1.807, 2.05) is 38.1 Å². The fourth-order valence-corrected chi connectivity index (χ4v) is 1.67. The van der Waals surface area contributed by atoms with Crippen molar-refractivity contribution >= 4 is 18.1 Å². The first-order valence-corrected chi connectivity index (χ1v) is 6.58. The molecule has 0 aliphatic rings. The van der Waals surface area contributed by atoms with E-state index in [0.717, 1.165) is 23.6 Å². The zero-order valence-electron chi connectivity index (χ0n) is 11.7. The molecular weight excluding hydrogens is 256 g/mol. The molecule has 20 heavy (non-hydrogen) atoms. The van der Waals surface area contributed by atoms with Crippen molar-refractivity contribution < 1.29 is 14.7 Å². The predicted octanol–water partition coefficient (Wildman–Crippen LogP) is 2.55. The average molecular weight is 276 g/mol. The monoisotopic (exact) mass is 276 g/mol. The normalized spacial score (nSPS) is 12.1. The molecule has 1 aromatic carbocycles. The van der Waals surface area contributed by atoms with Crippen LogP contribution in [0.25, 0.3) is 6.08 Å². The largest absolute Gasteiger partial charge is 0.478 e. The Morgan fingerprint density at radius 2 is 2.15 bits per heavy atom. The van der Waals surface area contributed by atoms with Gasteiger partial charge in [-0.2, -0.15) is 0 Å². The second kappa shape index (κ2) is 7.99. The number of carbonyl (C=O) groups is 2. The third kappa shape index (κ3) is 5.56. The zero-order valence-corrected chi connectivity index (χ0v) is 11.7. The molecule has 3 N–H and O–H groups in total. The van der Waals surface area contributed by atoms with Gasteiger partial charge in [0.15, 0.2) is 0 Å². The van der Waals surface area contributed by atoms with Crippen molar-refractivity contribution in [3.05, 3.63) is 41.5 Å². The Morgan fingerprint density at radius 1 is 1.40 bits per heavy atom. The highest BCUT2D eigenvalue weighted by atomic mass is 16.4. The van der Waals surface area contributed by atoms with Gasteiger partial charge in [0.25, 0.3) is 0 Å². The van der Waals surface area contributed by atoms with Gasteiger partial charge in [-0.3, -0.25) is 0 Å². The Kier molecular flexibility index (Phi) is 6.29. The molecule has 0 radical (unpaired) electrons. The van der Waals surface area contributed by atoms with E-state index in [0.29, 0.717) is 6.54 Å². The maximum Gasteiger partial charge on any atom is 0.328 e. The van der Waals surface area contributed by atoms with Crippen LogP contribution in [0.5, 0.6) is 0 Å². The number of aliphatic carboxylic acids is 1. The Morgan fingerprint density at radius 3 is 2.80 bits per heavy atom. The van der Waals surface area contributed by atoms with Gasteiger partial charge in [-0.15, -0.1) is 0 Å². The van der Waals surface area contributed by atoms with E-state index < -0.39 is 5.97 Å². The number of carboxylic acids is 1. The minimum atomic E-state index is -0.986. The maximum atomic E-state index is 11.6. The van der Waals surface area contributed by atoms with Gasteiger partial charge < -0.3 is 15.7 Å². The van der Waals surface area contributed by atoms with Crippen LogP contribution in [0.15, 0.2) is 30.3 Å². The molecule has 1 unspecified atom stereocenters. The molecule has 5 nitrogen and oxygen atoms in total. The fraction of sp³-hybridized carbons (Fsp3) is 0.333. The maximum absolute atomic E-state index is 11.6. The number of carboxylic acid groups (broad SMARTS) is 1. The van der Waals surface area contributed by atoms with Crippen molar-refractivity contribution in [1.29, 1.82) is 0 Å². The molecule has 108 valence electrons. The van der Waals surface area contributed by atoms with Crippen molar-refractivity contribution in [2.45, 2.75) is 26.3 Å². The lowest BCUT2D eigenvalue weighted by Gasteiger charge is -2.15. The summed E-state index contributed by atoms with van der Waals surface area (Å²) >= 11 is 0. The molecule has 0 heterocycles. The molecule has 1 atom stereocenters. The Bertz CT molecular complexity index is 498. The molecule has 0 aliphatic carbocycles. The van der Waals surface area contributed by atoms with Gasteiger partial charge in [-0.25, -0.2) is 9.59 Å². The van der Waals surface area contributed by atoms with Crippen LogP contribution in [0.1, 0.15) is 37.4 Å². The SMILES string of the molecule is CCCNC(=O)NC(C)c1cccc(C=CC(=O)O)c1. The Hall–Kier alpha value is -2.30. The number of amides is 2. The first kappa shape index (κ1) is 15.8. The van der Waals surface area contributed by atoms with E-state index in [1.165, 1.54) is 6.08 Å². The molecule has 0 fully saturated rings. The van der Waals surface area contributed by atoms with Crippen LogP contribution >= 0.6 is 0 Å².